The highest BCUT2D eigenvalue weighted by molar-refractivity contribution is 7.47. The van der Waals surface area contributed by atoms with Crippen molar-refractivity contribution in [2.24, 2.45) is 5.73 Å². The van der Waals surface area contributed by atoms with E-state index in [0.29, 0.717) is 6.42 Å². The minimum absolute atomic E-state index is 0.0547. The van der Waals surface area contributed by atoms with E-state index in [9.17, 15) is 19.0 Å². The summed E-state index contributed by atoms with van der Waals surface area (Å²) in [5.74, 6) is -0.818. The van der Waals surface area contributed by atoms with Crippen molar-refractivity contribution < 1.29 is 37.6 Å². The molecule has 378 valence electrons. The average Bonchev–Trinajstić information content (AvgIpc) is 3.28. The van der Waals surface area contributed by atoms with Crippen molar-refractivity contribution >= 4 is 19.8 Å². The van der Waals surface area contributed by atoms with E-state index in [1.807, 2.05) is 0 Å². The third-order valence-electron chi connectivity index (χ3n) is 12.1. The summed E-state index contributed by atoms with van der Waals surface area (Å²) in [7, 11) is -4.38. The smallest absolute Gasteiger partial charge is 0.462 e. The zero-order valence-corrected chi connectivity index (χ0v) is 42.9. The molecule has 0 aliphatic carbocycles. The van der Waals surface area contributed by atoms with Crippen LogP contribution < -0.4 is 5.73 Å². The predicted octanol–water partition coefficient (Wildman–Crippen LogP) is 16.7. The molecule has 0 saturated carbocycles. The first kappa shape index (κ1) is 62.5. The second kappa shape index (κ2) is 50.9. The van der Waals surface area contributed by atoms with Gasteiger partial charge in [0.2, 0.25) is 0 Å². The highest BCUT2D eigenvalue weighted by Crippen LogP contribution is 2.43. The predicted molar refractivity (Wildman–Crippen MR) is 271 cm³/mol. The van der Waals surface area contributed by atoms with Crippen LogP contribution in [0, 0.1) is 0 Å². The van der Waals surface area contributed by atoms with Crippen molar-refractivity contribution in [2.75, 3.05) is 26.4 Å². The van der Waals surface area contributed by atoms with Crippen LogP contribution in [0.2, 0.25) is 0 Å². The van der Waals surface area contributed by atoms with Crippen LogP contribution >= 0.6 is 7.82 Å². The van der Waals surface area contributed by atoms with Crippen LogP contribution in [0.15, 0.2) is 24.3 Å². The summed E-state index contributed by atoms with van der Waals surface area (Å²) < 4.78 is 33.0. The normalized spacial score (nSPS) is 13.2. The molecule has 3 N–H and O–H groups in total. The van der Waals surface area contributed by atoms with Crippen LogP contribution in [0.3, 0.4) is 0 Å². The summed E-state index contributed by atoms with van der Waals surface area (Å²) in [6, 6.07) is 0. The summed E-state index contributed by atoms with van der Waals surface area (Å²) >= 11 is 0. The highest BCUT2D eigenvalue weighted by atomic mass is 31.2. The lowest BCUT2D eigenvalue weighted by Crippen LogP contribution is -2.29. The van der Waals surface area contributed by atoms with Crippen LogP contribution in [0.1, 0.15) is 277 Å². The molecule has 0 saturated heterocycles. The quantitative estimate of drug-likeness (QED) is 0.0265. The van der Waals surface area contributed by atoms with E-state index in [2.05, 4.69) is 38.2 Å². The number of hydrogen-bond donors (Lipinski definition) is 2. The number of unbranched alkanes of at least 4 members (excludes halogenated alkanes) is 35. The highest BCUT2D eigenvalue weighted by Gasteiger charge is 2.26. The standard InChI is InChI=1S/C54H104NO8P/c1-3-5-7-9-11-13-15-17-19-21-23-24-25-26-27-29-30-32-34-36-38-40-42-44-46-53(56)60-50-52(51-62-64(58,59)61-49-48-55)63-54(57)47-45-43-41-39-37-35-33-31-28-22-20-18-16-14-12-10-8-6-4-2/h12,14,18,20,52H,3-11,13,15-17,19,21-51,55H2,1-2H3,(H,58,59)/b14-12-,20-18-. The number of hydrogen-bond acceptors (Lipinski definition) is 8. The maximum Gasteiger partial charge on any atom is 0.472 e. The first-order chi connectivity index (χ1) is 31.3. The van der Waals surface area contributed by atoms with E-state index in [-0.39, 0.29) is 38.6 Å². The molecule has 0 fully saturated rings. The second-order valence-corrected chi connectivity index (χ2v) is 19.9. The van der Waals surface area contributed by atoms with Crippen LogP contribution in [0.4, 0.5) is 0 Å². The fourth-order valence-corrected chi connectivity index (χ4v) is 8.79. The minimum Gasteiger partial charge on any atom is -0.462 e. The monoisotopic (exact) mass is 926 g/mol. The number of carbonyl (C=O) groups excluding carboxylic acids is 2. The minimum atomic E-state index is -4.38. The molecule has 0 aromatic heterocycles. The van der Waals surface area contributed by atoms with Gasteiger partial charge < -0.3 is 20.1 Å². The Balaban J connectivity index is 3.96. The molecular weight excluding hydrogens is 822 g/mol. The van der Waals surface area contributed by atoms with Crippen LogP contribution in [0.5, 0.6) is 0 Å². The van der Waals surface area contributed by atoms with Crippen molar-refractivity contribution in [3.63, 3.8) is 0 Å². The molecule has 0 aromatic carbocycles. The molecule has 0 aliphatic rings. The van der Waals surface area contributed by atoms with Gasteiger partial charge in [-0.15, -0.1) is 0 Å². The fourth-order valence-electron chi connectivity index (χ4n) is 8.02. The van der Waals surface area contributed by atoms with Crippen molar-refractivity contribution in [1.82, 2.24) is 0 Å². The van der Waals surface area contributed by atoms with Gasteiger partial charge in [0, 0.05) is 19.4 Å². The Hall–Kier alpha value is -1.51. The lowest BCUT2D eigenvalue weighted by molar-refractivity contribution is -0.161. The van der Waals surface area contributed by atoms with E-state index in [0.717, 1.165) is 51.4 Å². The SMILES string of the molecule is CCCCC/C=C\C/C=C\CCCCCCCCCCCC(=O)OC(COC(=O)CCCCCCCCCCCCCCCCCCCCCCCCCC)COP(=O)(O)OCCN. The topological polar surface area (TPSA) is 134 Å². The number of ether oxygens (including phenoxy) is 2. The third-order valence-corrected chi connectivity index (χ3v) is 13.1. The fraction of sp³-hybridized carbons (Fsp3) is 0.889. The number of nitrogens with two attached hydrogens (primary N) is 1. The second-order valence-electron chi connectivity index (χ2n) is 18.5. The lowest BCUT2D eigenvalue weighted by Gasteiger charge is -2.19. The number of rotatable bonds is 52. The molecule has 0 bridgehead atoms. The van der Waals surface area contributed by atoms with Gasteiger partial charge in [-0.05, 0) is 44.9 Å². The van der Waals surface area contributed by atoms with Gasteiger partial charge >= 0.3 is 19.8 Å². The zero-order valence-electron chi connectivity index (χ0n) is 42.0. The van der Waals surface area contributed by atoms with Gasteiger partial charge in [-0.2, -0.15) is 0 Å². The summed E-state index contributed by atoms with van der Waals surface area (Å²) in [6.45, 7) is 3.76. The molecular formula is C54H104NO8P. The van der Waals surface area contributed by atoms with E-state index >= 15 is 0 Å². The Morgan fingerprint density at radius 2 is 0.812 bits per heavy atom. The van der Waals surface area contributed by atoms with E-state index < -0.39 is 26.5 Å². The number of phosphoric ester groups is 1. The molecule has 0 heterocycles. The molecule has 64 heavy (non-hydrogen) atoms. The van der Waals surface area contributed by atoms with E-state index in [1.54, 1.807) is 0 Å². The lowest BCUT2D eigenvalue weighted by atomic mass is 10.0. The van der Waals surface area contributed by atoms with Crippen molar-refractivity contribution in [3.05, 3.63) is 24.3 Å². The largest absolute Gasteiger partial charge is 0.472 e. The summed E-state index contributed by atoms with van der Waals surface area (Å²) in [5, 5.41) is 0. The molecule has 10 heteroatoms. The van der Waals surface area contributed by atoms with Crippen LogP contribution in [0.25, 0.3) is 0 Å². The first-order valence-electron chi connectivity index (χ1n) is 27.3. The average molecular weight is 926 g/mol. The van der Waals surface area contributed by atoms with Crippen molar-refractivity contribution in [1.29, 1.82) is 0 Å². The molecule has 0 spiro atoms. The van der Waals surface area contributed by atoms with Gasteiger partial charge in [0.05, 0.1) is 13.2 Å². The van der Waals surface area contributed by atoms with Gasteiger partial charge in [0.15, 0.2) is 6.10 Å². The molecule has 0 aromatic rings. The molecule has 2 atom stereocenters. The number of phosphoric acid groups is 1. The van der Waals surface area contributed by atoms with Gasteiger partial charge in [0.1, 0.15) is 6.61 Å². The Morgan fingerprint density at radius 3 is 1.22 bits per heavy atom. The van der Waals surface area contributed by atoms with Gasteiger partial charge in [-0.3, -0.25) is 18.6 Å². The Kier molecular flexibility index (Phi) is 49.7. The molecule has 0 radical (unpaired) electrons. The maximum atomic E-state index is 12.7. The Bertz CT molecular complexity index is 1100. The molecule has 9 nitrogen and oxygen atoms in total. The molecule has 2 unspecified atom stereocenters. The van der Waals surface area contributed by atoms with Crippen LogP contribution in [-0.4, -0.2) is 49.3 Å². The van der Waals surface area contributed by atoms with E-state index in [4.69, 9.17) is 24.3 Å². The van der Waals surface area contributed by atoms with Gasteiger partial charge in [-0.1, -0.05) is 244 Å². The maximum absolute atomic E-state index is 12.7. The zero-order chi connectivity index (χ0) is 46.7. The summed E-state index contributed by atoms with van der Waals surface area (Å²) in [4.78, 5) is 35.1. The van der Waals surface area contributed by atoms with Crippen molar-refractivity contribution in [3.8, 4) is 0 Å². The van der Waals surface area contributed by atoms with Crippen molar-refractivity contribution in [2.45, 2.75) is 283 Å². The Labute approximate surface area is 395 Å². The number of carbonyl (C=O) groups is 2. The number of allylic oxidation sites excluding steroid dienone is 4. The summed E-state index contributed by atoms with van der Waals surface area (Å²) in [6.07, 6.45) is 57.9. The molecule has 0 aliphatic heterocycles. The van der Waals surface area contributed by atoms with Crippen LogP contribution in [-0.2, 0) is 32.7 Å². The van der Waals surface area contributed by atoms with Gasteiger partial charge in [0.25, 0.3) is 0 Å². The first-order valence-corrected chi connectivity index (χ1v) is 28.8. The third kappa shape index (κ3) is 49.9. The Morgan fingerprint density at radius 1 is 0.469 bits per heavy atom. The molecule has 0 amide bonds. The van der Waals surface area contributed by atoms with E-state index in [1.165, 1.54) is 193 Å². The number of esters is 2. The van der Waals surface area contributed by atoms with Gasteiger partial charge in [-0.25, -0.2) is 4.57 Å². The summed E-state index contributed by atoms with van der Waals surface area (Å²) in [5.41, 5.74) is 5.37. The molecule has 0 rings (SSSR count).